The number of hydrogen-bond acceptors (Lipinski definition) is 2. The van der Waals surface area contributed by atoms with Crippen LogP contribution in [0.1, 0.15) is 11.3 Å². The Labute approximate surface area is 186 Å². The van der Waals surface area contributed by atoms with Crippen LogP contribution in [0.3, 0.4) is 0 Å². The van der Waals surface area contributed by atoms with Crippen LogP contribution in [0.4, 0.5) is 0 Å². The van der Waals surface area contributed by atoms with Crippen LogP contribution in [0.15, 0.2) is 78.9 Å². The maximum atomic E-state index is 6.04. The fourth-order valence-corrected chi connectivity index (χ4v) is 4.26. The van der Waals surface area contributed by atoms with Gasteiger partial charge in [0.05, 0.1) is 11.2 Å². The first kappa shape index (κ1) is 21.3. The van der Waals surface area contributed by atoms with Crippen LogP contribution in [-0.2, 0) is 11.5 Å². The molecule has 0 aliphatic rings. The molecule has 0 unspecified atom stereocenters. The molecule has 1 aromatic heterocycles. The quantitative estimate of drug-likeness (QED) is 0.220. The van der Waals surface area contributed by atoms with E-state index in [1.807, 2.05) is 16.8 Å². The fraction of sp³-hybridized carbons (Fsp3) is 0.222. The lowest BCUT2D eigenvalue weighted by Crippen LogP contribution is -2.22. The summed E-state index contributed by atoms with van der Waals surface area (Å²) in [5, 5.41) is 6.03. The third-order valence-corrected chi connectivity index (χ3v) is 7.03. The lowest BCUT2D eigenvalue weighted by molar-refractivity contribution is 0.0816. The molecule has 4 rings (SSSR count). The zero-order chi connectivity index (χ0) is 21.7. The number of fused-ring (bicyclic) bond motifs is 1. The average Bonchev–Trinajstić information content (AvgIpc) is 3.13. The van der Waals surface area contributed by atoms with E-state index in [1.54, 1.807) is 0 Å². The van der Waals surface area contributed by atoms with E-state index >= 15 is 0 Å². The summed E-state index contributed by atoms with van der Waals surface area (Å²) >= 11 is 0. The van der Waals surface area contributed by atoms with E-state index in [2.05, 4.69) is 98.5 Å². The van der Waals surface area contributed by atoms with E-state index < -0.39 is 8.07 Å². The van der Waals surface area contributed by atoms with Gasteiger partial charge in [-0.3, -0.25) is 0 Å². The summed E-state index contributed by atoms with van der Waals surface area (Å²) in [4.78, 5) is 0. The number of aromatic nitrogens is 2. The van der Waals surface area contributed by atoms with Crippen molar-refractivity contribution in [2.45, 2.75) is 32.4 Å². The highest BCUT2D eigenvalue weighted by molar-refractivity contribution is 6.76. The summed E-state index contributed by atoms with van der Waals surface area (Å²) in [5.74, 6) is 0. The molecule has 3 nitrogen and oxygen atoms in total. The molecule has 158 valence electrons. The highest BCUT2D eigenvalue weighted by atomic mass is 28.3. The first-order valence-electron chi connectivity index (χ1n) is 10.9. The molecule has 3 aromatic carbocycles. The van der Waals surface area contributed by atoms with Gasteiger partial charge in [0.2, 0.25) is 0 Å². The van der Waals surface area contributed by atoms with Gasteiger partial charge in [-0.05, 0) is 40.9 Å². The molecule has 4 heteroatoms. The molecule has 0 saturated heterocycles. The zero-order valence-corrected chi connectivity index (χ0v) is 19.6. The predicted octanol–water partition coefficient (Wildman–Crippen LogP) is 7.19. The topological polar surface area (TPSA) is 27.1 Å². The van der Waals surface area contributed by atoms with Gasteiger partial charge in [-0.15, -0.1) is 0 Å². The van der Waals surface area contributed by atoms with Crippen LogP contribution in [0.25, 0.3) is 34.2 Å². The SMILES string of the molecule is C[Si](C)(C)CCOCn1nc(C=Cc2ccccc2)c2ccc(-c3ccccc3)cc21. The fourth-order valence-electron chi connectivity index (χ4n) is 3.50. The molecule has 0 atom stereocenters. The van der Waals surface area contributed by atoms with Crippen LogP contribution in [0.2, 0.25) is 25.7 Å². The molecule has 0 bridgehead atoms. The van der Waals surface area contributed by atoms with Gasteiger partial charge in [0.25, 0.3) is 0 Å². The van der Waals surface area contributed by atoms with Gasteiger partial charge in [0.15, 0.2) is 0 Å². The zero-order valence-electron chi connectivity index (χ0n) is 18.6. The first-order valence-corrected chi connectivity index (χ1v) is 14.6. The Bertz CT molecular complexity index is 1160. The highest BCUT2D eigenvalue weighted by Gasteiger charge is 2.14. The predicted molar refractivity (Wildman–Crippen MR) is 135 cm³/mol. The maximum Gasteiger partial charge on any atom is 0.140 e. The van der Waals surface area contributed by atoms with Crippen molar-refractivity contribution in [3.8, 4) is 11.1 Å². The Hall–Kier alpha value is -2.95. The Morgan fingerprint density at radius 1 is 0.839 bits per heavy atom. The molecule has 0 N–H and O–H groups in total. The first-order chi connectivity index (χ1) is 15.0. The molecule has 0 saturated carbocycles. The normalized spacial score (nSPS) is 12.1. The minimum atomic E-state index is -1.11. The molecule has 0 fully saturated rings. The van der Waals surface area contributed by atoms with Gasteiger partial charge in [-0.1, -0.05) is 92.4 Å². The van der Waals surface area contributed by atoms with E-state index in [0.717, 1.165) is 34.8 Å². The minimum Gasteiger partial charge on any atom is -0.360 e. The summed E-state index contributed by atoms with van der Waals surface area (Å²) in [6.45, 7) is 8.37. The number of rotatable bonds is 8. The number of hydrogen-bond donors (Lipinski definition) is 0. The molecule has 1 heterocycles. The van der Waals surface area contributed by atoms with Crippen molar-refractivity contribution in [1.29, 1.82) is 0 Å². The van der Waals surface area contributed by atoms with Crippen LogP contribution in [-0.4, -0.2) is 24.5 Å². The Morgan fingerprint density at radius 3 is 2.26 bits per heavy atom. The van der Waals surface area contributed by atoms with Gasteiger partial charge in [0, 0.05) is 20.1 Å². The van der Waals surface area contributed by atoms with E-state index in [4.69, 9.17) is 9.84 Å². The van der Waals surface area contributed by atoms with Crippen molar-refractivity contribution in [2.75, 3.05) is 6.61 Å². The Kier molecular flexibility index (Phi) is 6.49. The van der Waals surface area contributed by atoms with E-state index in [9.17, 15) is 0 Å². The molecular weight excluding hydrogens is 396 g/mol. The van der Waals surface area contributed by atoms with Crippen LogP contribution >= 0.6 is 0 Å². The van der Waals surface area contributed by atoms with Gasteiger partial charge in [0.1, 0.15) is 6.73 Å². The molecule has 0 amide bonds. The van der Waals surface area contributed by atoms with Crippen molar-refractivity contribution in [3.63, 3.8) is 0 Å². The van der Waals surface area contributed by atoms with E-state index in [0.29, 0.717) is 6.73 Å². The monoisotopic (exact) mass is 426 g/mol. The molecule has 31 heavy (non-hydrogen) atoms. The third-order valence-electron chi connectivity index (χ3n) is 5.33. The van der Waals surface area contributed by atoms with Crippen LogP contribution < -0.4 is 0 Å². The summed E-state index contributed by atoms with van der Waals surface area (Å²) < 4.78 is 8.03. The smallest absolute Gasteiger partial charge is 0.140 e. The van der Waals surface area contributed by atoms with E-state index in [-0.39, 0.29) is 0 Å². The maximum absolute atomic E-state index is 6.04. The summed E-state index contributed by atoms with van der Waals surface area (Å²) in [7, 11) is -1.11. The summed E-state index contributed by atoms with van der Waals surface area (Å²) in [5.41, 5.74) is 5.62. The third kappa shape index (κ3) is 5.60. The second kappa shape index (κ2) is 9.46. The average molecular weight is 427 g/mol. The number of nitrogens with zero attached hydrogens (tertiary/aromatic N) is 2. The van der Waals surface area contributed by atoms with Crippen molar-refractivity contribution < 1.29 is 4.74 Å². The number of ether oxygens (including phenoxy) is 1. The minimum absolute atomic E-state index is 0.471. The van der Waals surface area contributed by atoms with Crippen LogP contribution in [0.5, 0.6) is 0 Å². The number of benzene rings is 3. The van der Waals surface area contributed by atoms with Crippen molar-refractivity contribution in [2.24, 2.45) is 0 Å². The lowest BCUT2D eigenvalue weighted by Gasteiger charge is -2.15. The molecule has 0 aliphatic carbocycles. The molecule has 0 spiro atoms. The van der Waals surface area contributed by atoms with E-state index in [1.165, 1.54) is 11.1 Å². The molecule has 4 aromatic rings. The second-order valence-electron chi connectivity index (χ2n) is 9.07. The van der Waals surface area contributed by atoms with Gasteiger partial charge >= 0.3 is 0 Å². The Balaban J connectivity index is 1.66. The highest BCUT2D eigenvalue weighted by Crippen LogP contribution is 2.27. The standard InChI is InChI=1S/C27H30N2OSi/c1-31(2,3)19-18-30-21-29-27-20-24(23-12-8-5-9-13-23)15-16-25(27)26(28-29)17-14-22-10-6-4-7-11-22/h4-17,20H,18-19,21H2,1-3H3. The summed E-state index contributed by atoms with van der Waals surface area (Å²) in [6, 6.07) is 28.5. The van der Waals surface area contributed by atoms with Gasteiger partial charge in [-0.25, -0.2) is 4.68 Å². The second-order valence-corrected chi connectivity index (χ2v) is 14.7. The van der Waals surface area contributed by atoms with Crippen molar-refractivity contribution >= 4 is 31.1 Å². The molecule has 0 aliphatic heterocycles. The molecular formula is C27H30N2OSi. The van der Waals surface area contributed by atoms with Crippen molar-refractivity contribution in [1.82, 2.24) is 9.78 Å². The van der Waals surface area contributed by atoms with Gasteiger partial charge < -0.3 is 4.74 Å². The largest absolute Gasteiger partial charge is 0.360 e. The van der Waals surface area contributed by atoms with Gasteiger partial charge in [-0.2, -0.15) is 5.10 Å². The van der Waals surface area contributed by atoms with Crippen molar-refractivity contribution in [3.05, 3.63) is 90.1 Å². The summed E-state index contributed by atoms with van der Waals surface area (Å²) in [6.07, 6.45) is 4.21. The molecule has 0 radical (unpaired) electrons. The lowest BCUT2D eigenvalue weighted by atomic mass is 10.0. The van der Waals surface area contributed by atoms with Crippen LogP contribution in [0, 0.1) is 0 Å². The Morgan fingerprint density at radius 2 is 1.55 bits per heavy atom.